The Balaban J connectivity index is 1.43. The van der Waals surface area contributed by atoms with Gasteiger partial charge in [0.2, 0.25) is 0 Å². The van der Waals surface area contributed by atoms with Crippen LogP contribution < -0.4 is 0 Å². The highest BCUT2D eigenvalue weighted by Gasteiger charge is 2.35. The molecule has 0 aromatic heterocycles. The summed E-state index contributed by atoms with van der Waals surface area (Å²) in [4.78, 5) is 28.9. The first-order chi connectivity index (χ1) is 16.6. The molecule has 35 heavy (non-hydrogen) atoms. The van der Waals surface area contributed by atoms with Gasteiger partial charge in [-0.15, -0.1) is 0 Å². The number of likely N-dealkylation sites (tertiary alicyclic amines) is 2. The van der Waals surface area contributed by atoms with Gasteiger partial charge in [-0.3, -0.25) is 9.59 Å². The highest BCUT2D eigenvalue weighted by atomic mass is 16.4. The van der Waals surface area contributed by atoms with Gasteiger partial charge in [0.15, 0.2) is 0 Å². The van der Waals surface area contributed by atoms with Crippen molar-refractivity contribution in [3.63, 3.8) is 0 Å². The van der Waals surface area contributed by atoms with E-state index < -0.39 is 14.2 Å². The van der Waals surface area contributed by atoms with E-state index in [0.717, 1.165) is 11.1 Å². The van der Waals surface area contributed by atoms with E-state index in [1.807, 2.05) is 24.3 Å². The van der Waals surface area contributed by atoms with Crippen LogP contribution in [0, 0.1) is 0 Å². The molecule has 4 rings (SSSR count). The maximum atomic E-state index is 12.8. The summed E-state index contributed by atoms with van der Waals surface area (Å²) >= 11 is 0. The van der Waals surface area contributed by atoms with Gasteiger partial charge in [-0.25, -0.2) is 0 Å². The topological polar surface area (TPSA) is 122 Å². The molecule has 2 aromatic carbocycles. The number of benzene rings is 2. The summed E-state index contributed by atoms with van der Waals surface area (Å²) < 4.78 is 0. The Morgan fingerprint density at radius 3 is 1.34 bits per heavy atom. The van der Waals surface area contributed by atoms with E-state index in [1.54, 1.807) is 34.1 Å². The Kier molecular flexibility index (Phi) is 7.38. The molecule has 2 aliphatic heterocycles. The minimum atomic E-state index is -1.40. The van der Waals surface area contributed by atoms with Crippen molar-refractivity contribution >= 4 is 26.1 Å². The third-order valence-electron chi connectivity index (χ3n) is 7.57. The fraction of sp³-hybridized carbons (Fsp3) is 0.440. The molecule has 0 bridgehead atoms. The van der Waals surface area contributed by atoms with Gasteiger partial charge < -0.3 is 29.9 Å². The van der Waals surface area contributed by atoms with Crippen LogP contribution in [0.4, 0.5) is 0 Å². The monoisotopic (exact) mass is 478 g/mol. The normalized spacial score (nSPS) is 20.3. The van der Waals surface area contributed by atoms with Crippen LogP contribution in [-0.2, 0) is 5.41 Å². The van der Waals surface area contributed by atoms with Crippen molar-refractivity contribution in [2.45, 2.75) is 43.7 Å². The van der Waals surface area contributed by atoms with Crippen molar-refractivity contribution in [2.75, 3.05) is 26.2 Å². The van der Waals surface area contributed by atoms with E-state index in [1.165, 1.54) is 0 Å². The van der Waals surface area contributed by atoms with Crippen molar-refractivity contribution in [1.29, 1.82) is 0 Å². The predicted octanol–water partition coefficient (Wildman–Crippen LogP) is 1.39. The third-order valence-corrected chi connectivity index (χ3v) is 7.57. The molecule has 2 amide bonds. The zero-order valence-corrected chi connectivity index (χ0v) is 20.2. The molecule has 0 aliphatic carbocycles. The molecule has 2 aromatic rings. The minimum Gasteiger partial charge on any atom is -0.427 e. The lowest BCUT2D eigenvalue weighted by Crippen LogP contribution is -2.30. The molecule has 0 spiro atoms. The van der Waals surface area contributed by atoms with Crippen molar-refractivity contribution in [2.24, 2.45) is 0 Å². The van der Waals surface area contributed by atoms with Crippen LogP contribution in [0.25, 0.3) is 0 Å². The molecular formula is C25H32B2N2O6. The molecule has 8 nitrogen and oxygen atoms in total. The lowest BCUT2D eigenvalue weighted by atomic mass is 9.72. The van der Waals surface area contributed by atoms with Gasteiger partial charge in [-0.1, -0.05) is 38.1 Å². The van der Waals surface area contributed by atoms with Crippen LogP contribution in [0.2, 0.25) is 11.6 Å². The van der Waals surface area contributed by atoms with Crippen LogP contribution in [-0.4, -0.2) is 82.1 Å². The lowest BCUT2D eigenvalue weighted by Gasteiger charge is -2.27. The van der Waals surface area contributed by atoms with Crippen LogP contribution in [0.5, 0.6) is 0 Å². The molecule has 2 heterocycles. The largest absolute Gasteiger partial charge is 0.456 e. The Bertz CT molecular complexity index is 975. The van der Waals surface area contributed by atoms with Crippen molar-refractivity contribution in [3.8, 4) is 0 Å². The summed E-state index contributed by atoms with van der Waals surface area (Å²) in [5, 5.41) is 37.5. The molecule has 10 heteroatoms. The van der Waals surface area contributed by atoms with Gasteiger partial charge in [-0.05, 0) is 48.2 Å². The van der Waals surface area contributed by atoms with E-state index in [-0.39, 0.29) is 28.9 Å². The minimum absolute atomic E-state index is 0.113. The van der Waals surface area contributed by atoms with Crippen molar-refractivity contribution in [3.05, 3.63) is 70.8 Å². The molecular weight excluding hydrogens is 446 g/mol. The summed E-state index contributed by atoms with van der Waals surface area (Å²) in [5.74, 6) is -0.836. The first-order valence-electron chi connectivity index (χ1n) is 12.1. The summed E-state index contributed by atoms with van der Waals surface area (Å²) in [6.45, 7) is 5.88. The molecule has 2 aliphatic rings. The highest BCUT2D eigenvalue weighted by Crippen LogP contribution is 2.33. The number of hydrogen-bond acceptors (Lipinski definition) is 6. The van der Waals surface area contributed by atoms with Gasteiger partial charge in [0.1, 0.15) is 0 Å². The number of rotatable bonds is 6. The van der Waals surface area contributed by atoms with Gasteiger partial charge in [0.25, 0.3) is 11.8 Å². The van der Waals surface area contributed by atoms with Gasteiger partial charge in [-0.2, -0.15) is 0 Å². The second-order valence-corrected chi connectivity index (χ2v) is 10.2. The second kappa shape index (κ2) is 10.1. The average Bonchev–Trinajstić information content (AvgIpc) is 3.54. The van der Waals surface area contributed by atoms with Gasteiger partial charge >= 0.3 is 14.2 Å². The molecule has 0 saturated carbocycles. The fourth-order valence-corrected chi connectivity index (χ4v) is 5.02. The molecule has 2 unspecified atom stereocenters. The van der Waals surface area contributed by atoms with Crippen LogP contribution in [0.15, 0.2) is 48.5 Å². The molecule has 2 saturated heterocycles. The average molecular weight is 478 g/mol. The number of carbonyl (C=O) groups excluding carboxylic acids is 2. The Morgan fingerprint density at radius 1 is 0.714 bits per heavy atom. The van der Waals surface area contributed by atoms with E-state index in [0.29, 0.717) is 50.1 Å². The van der Waals surface area contributed by atoms with Gasteiger partial charge in [0, 0.05) is 54.4 Å². The standard InChI is InChI=1S/C25H32B2N2O6/c1-25(2,19-7-3-17(4-8-19)23(30)28-13-11-21(15-28)26(32)33)20-9-5-18(6-10-20)24(31)29-14-12-22(16-29)27(34)35/h3-10,21-22,32-35H,11-16H2,1-2H3. The molecule has 0 radical (unpaired) electrons. The lowest BCUT2D eigenvalue weighted by molar-refractivity contribution is 0.0784. The molecule has 2 atom stereocenters. The number of carbonyl (C=O) groups is 2. The van der Waals surface area contributed by atoms with E-state index in [2.05, 4.69) is 13.8 Å². The fourth-order valence-electron chi connectivity index (χ4n) is 5.02. The van der Waals surface area contributed by atoms with Gasteiger partial charge in [0.05, 0.1) is 0 Å². The predicted molar refractivity (Wildman–Crippen MR) is 134 cm³/mol. The molecule has 4 N–H and O–H groups in total. The SMILES string of the molecule is CC(C)(c1ccc(C(=O)N2CCC(B(O)O)C2)cc1)c1ccc(C(=O)N2CCC(B(O)O)C2)cc1. The zero-order chi connectivity index (χ0) is 25.3. The summed E-state index contributed by atoms with van der Waals surface area (Å²) in [5.41, 5.74) is 2.82. The summed E-state index contributed by atoms with van der Waals surface area (Å²) in [6, 6.07) is 15.0. The Morgan fingerprint density at radius 2 is 1.06 bits per heavy atom. The molecule has 184 valence electrons. The summed E-state index contributed by atoms with van der Waals surface area (Å²) in [7, 11) is -2.81. The zero-order valence-electron chi connectivity index (χ0n) is 20.2. The quantitative estimate of drug-likeness (QED) is 0.466. The van der Waals surface area contributed by atoms with Crippen molar-refractivity contribution in [1.82, 2.24) is 9.80 Å². The van der Waals surface area contributed by atoms with E-state index in [9.17, 15) is 29.7 Å². The van der Waals surface area contributed by atoms with E-state index in [4.69, 9.17) is 0 Å². The molecule has 2 fully saturated rings. The van der Waals surface area contributed by atoms with Crippen LogP contribution in [0.1, 0.15) is 58.5 Å². The number of hydrogen-bond donors (Lipinski definition) is 4. The van der Waals surface area contributed by atoms with Crippen LogP contribution >= 0.6 is 0 Å². The maximum Gasteiger partial charge on any atom is 0.456 e. The maximum absolute atomic E-state index is 12.8. The Hall–Kier alpha value is -2.65. The first-order valence-corrected chi connectivity index (χ1v) is 12.1. The highest BCUT2D eigenvalue weighted by molar-refractivity contribution is 6.43. The number of nitrogens with zero attached hydrogens (tertiary/aromatic N) is 2. The third kappa shape index (κ3) is 5.30. The van der Waals surface area contributed by atoms with Crippen LogP contribution in [0.3, 0.4) is 0 Å². The van der Waals surface area contributed by atoms with E-state index >= 15 is 0 Å². The Labute approximate surface area is 206 Å². The second-order valence-electron chi connectivity index (χ2n) is 10.2. The smallest absolute Gasteiger partial charge is 0.427 e. The first kappa shape index (κ1) is 25.4. The number of amides is 2. The summed E-state index contributed by atoms with van der Waals surface area (Å²) in [6.07, 6.45) is 1.16. The van der Waals surface area contributed by atoms with Crippen molar-refractivity contribution < 1.29 is 29.7 Å².